The molecule has 0 N–H and O–H groups in total. The molecule has 0 aliphatic heterocycles. The van der Waals surface area contributed by atoms with Crippen LogP contribution in [0.1, 0.15) is 5.56 Å². The molecule has 0 aliphatic rings. The van der Waals surface area contributed by atoms with Gasteiger partial charge in [0.25, 0.3) is 0 Å². The Morgan fingerprint density at radius 2 is 1.17 bits per heavy atom. The Hall–Kier alpha value is -4.01. The van der Waals surface area contributed by atoms with Gasteiger partial charge < -0.3 is 4.74 Å². The molecule has 0 heterocycles. The molecule has 0 aromatic heterocycles. The van der Waals surface area contributed by atoms with Crippen molar-refractivity contribution >= 4 is 23.0 Å². The summed E-state index contributed by atoms with van der Waals surface area (Å²) in [7, 11) is 0. The molecule has 0 saturated heterocycles. The van der Waals surface area contributed by atoms with E-state index in [2.05, 4.69) is 0 Å². The first kappa shape index (κ1) is 27.2. The number of ether oxygens (including phenoxy) is 1. The molecule has 0 bridgehead atoms. The van der Waals surface area contributed by atoms with E-state index in [1.54, 1.807) is 0 Å². The van der Waals surface area contributed by atoms with E-state index in [1.807, 2.05) is 0 Å². The molecule has 3 rings (SSSR count). The van der Waals surface area contributed by atoms with E-state index in [0.717, 1.165) is 6.07 Å². The zero-order chi connectivity index (χ0) is 26.7. The van der Waals surface area contributed by atoms with Crippen molar-refractivity contribution in [1.29, 1.82) is 0 Å². The van der Waals surface area contributed by atoms with Crippen LogP contribution in [-0.2, 0) is 6.18 Å². The van der Waals surface area contributed by atoms with Gasteiger partial charge in [-0.1, -0.05) is 11.6 Å². The summed E-state index contributed by atoms with van der Waals surface area (Å²) in [5.41, 5.74) is -3.23. The lowest BCUT2D eigenvalue weighted by atomic mass is 10.2. The minimum atomic E-state index is -4.63. The average Bonchev–Trinajstić information content (AvgIpc) is 2.73. The van der Waals surface area contributed by atoms with Crippen molar-refractivity contribution in [3.05, 3.63) is 102 Å². The lowest BCUT2D eigenvalue weighted by Gasteiger charge is -2.11. The fraction of sp³-hybridized carbons (Fsp3) is 0.0526. The van der Waals surface area contributed by atoms with Gasteiger partial charge in [-0.3, -0.25) is 20.2 Å². The predicted octanol–water partition coefficient (Wildman–Crippen LogP) is 7.35. The van der Waals surface area contributed by atoms with Gasteiger partial charge in [-0.15, -0.1) is 0 Å². The van der Waals surface area contributed by atoms with E-state index in [1.165, 1.54) is 0 Å². The number of halogens is 9. The van der Waals surface area contributed by atoms with Gasteiger partial charge in [-0.2, -0.15) is 22.0 Å². The van der Waals surface area contributed by atoms with E-state index in [0.29, 0.717) is 24.3 Å². The second kappa shape index (κ2) is 10.5. The largest absolute Gasteiger partial charge is 0.453 e. The number of hydrogen-bond acceptors (Lipinski definition) is 5. The third-order valence-corrected chi connectivity index (χ3v) is 4.16. The second-order valence-corrected chi connectivity index (χ2v) is 6.62. The first-order valence-electron chi connectivity index (χ1n) is 8.58. The zero-order valence-electron chi connectivity index (χ0n) is 16.4. The minimum Gasteiger partial charge on any atom is -0.453 e. The van der Waals surface area contributed by atoms with Crippen LogP contribution in [0, 0.1) is 49.3 Å². The molecule has 186 valence electrons. The van der Waals surface area contributed by atoms with E-state index < -0.39 is 72.8 Å². The van der Waals surface area contributed by atoms with Crippen molar-refractivity contribution in [2.45, 2.75) is 6.18 Å². The van der Waals surface area contributed by atoms with Crippen molar-refractivity contribution in [1.82, 2.24) is 0 Å². The molecule has 7 nitrogen and oxygen atoms in total. The van der Waals surface area contributed by atoms with Gasteiger partial charge in [0.05, 0.1) is 32.6 Å². The van der Waals surface area contributed by atoms with Crippen LogP contribution in [0.2, 0.25) is 5.02 Å². The number of nitrogens with zero attached hydrogens (tertiary/aromatic N) is 2. The quantitative estimate of drug-likeness (QED) is 0.152. The number of rotatable bonds is 4. The number of hydrogen-bond donors (Lipinski definition) is 0. The summed E-state index contributed by atoms with van der Waals surface area (Å²) in [6.45, 7) is 0. The highest BCUT2D eigenvalue weighted by Crippen LogP contribution is 2.37. The molecule has 16 heteroatoms. The Labute approximate surface area is 193 Å². The normalized spacial score (nSPS) is 10.9. The van der Waals surface area contributed by atoms with E-state index in [9.17, 15) is 55.4 Å². The topological polar surface area (TPSA) is 95.5 Å². The van der Waals surface area contributed by atoms with Gasteiger partial charge in [-0.25, -0.2) is 13.2 Å². The molecule has 0 fully saturated rings. The maximum absolute atomic E-state index is 13.7. The second-order valence-electron chi connectivity index (χ2n) is 6.21. The summed E-state index contributed by atoms with van der Waals surface area (Å²) >= 11 is 5.61. The van der Waals surface area contributed by atoms with Crippen molar-refractivity contribution in [2.24, 2.45) is 0 Å². The molecule has 35 heavy (non-hydrogen) atoms. The third-order valence-electron chi connectivity index (χ3n) is 3.86. The maximum Gasteiger partial charge on any atom is 0.416 e. The van der Waals surface area contributed by atoms with Crippen LogP contribution < -0.4 is 4.74 Å². The third kappa shape index (κ3) is 6.75. The van der Waals surface area contributed by atoms with Gasteiger partial charge in [0.1, 0.15) is 5.75 Å². The van der Waals surface area contributed by atoms with Gasteiger partial charge in [0.2, 0.25) is 11.6 Å². The summed E-state index contributed by atoms with van der Waals surface area (Å²) in [5, 5.41) is 19.9. The molecule has 0 amide bonds. The molecular weight excluding hydrogens is 524 g/mol. The minimum absolute atomic E-state index is 0.132. The predicted molar refractivity (Wildman–Crippen MR) is 103 cm³/mol. The highest BCUT2D eigenvalue weighted by Gasteiger charge is 2.31. The van der Waals surface area contributed by atoms with Crippen LogP contribution in [0.15, 0.2) is 42.5 Å². The monoisotopic (exact) mass is 530 g/mol. The molecule has 3 aromatic carbocycles. The molecule has 0 atom stereocenters. The number of alkyl halides is 3. The van der Waals surface area contributed by atoms with Crippen LogP contribution >= 0.6 is 11.6 Å². The van der Waals surface area contributed by atoms with E-state index in [-0.39, 0.29) is 17.9 Å². The molecular formula is C19H7ClF8N2O5. The smallest absolute Gasteiger partial charge is 0.416 e. The fourth-order valence-corrected chi connectivity index (χ4v) is 2.49. The van der Waals surface area contributed by atoms with Crippen LogP contribution in [0.5, 0.6) is 11.5 Å². The molecule has 0 spiro atoms. The van der Waals surface area contributed by atoms with Gasteiger partial charge in [0.15, 0.2) is 23.2 Å². The van der Waals surface area contributed by atoms with Gasteiger partial charge in [-0.05, 0) is 18.2 Å². The summed E-state index contributed by atoms with van der Waals surface area (Å²) in [5.74, 6) is -8.04. The number of nitro groups is 2. The van der Waals surface area contributed by atoms with Gasteiger partial charge >= 0.3 is 17.6 Å². The molecule has 0 aliphatic carbocycles. The van der Waals surface area contributed by atoms with Crippen LogP contribution in [0.4, 0.5) is 46.5 Å². The Bertz CT molecular complexity index is 1300. The maximum atomic E-state index is 13.7. The SMILES string of the molecule is O=[N+]([O-])c1cc(F)c(F)cc1F.O=[N+]([O-])c1cc(F)c(Oc2ccc(C(F)(F)F)cc2Cl)cc1F. The summed E-state index contributed by atoms with van der Waals surface area (Å²) in [6, 6.07) is 3.05. The van der Waals surface area contributed by atoms with Crippen molar-refractivity contribution in [3.63, 3.8) is 0 Å². The first-order valence-corrected chi connectivity index (χ1v) is 8.96. The van der Waals surface area contributed by atoms with Crippen LogP contribution in [0.3, 0.4) is 0 Å². The van der Waals surface area contributed by atoms with E-state index >= 15 is 0 Å². The molecule has 0 saturated carbocycles. The summed E-state index contributed by atoms with van der Waals surface area (Å²) in [4.78, 5) is 18.2. The van der Waals surface area contributed by atoms with E-state index in [4.69, 9.17) is 16.3 Å². The summed E-state index contributed by atoms with van der Waals surface area (Å²) in [6.07, 6.45) is -4.63. The highest BCUT2D eigenvalue weighted by molar-refractivity contribution is 6.32. The molecule has 0 unspecified atom stereocenters. The Morgan fingerprint density at radius 1 is 0.686 bits per heavy atom. The fourth-order valence-electron chi connectivity index (χ4n) is 2.27. The summed E-state index contributed by atoms with van der Waals surface area (Å²) < 4.78 is 106. The lowest BCUT2D eigenvalue weighted by molar-refractivity contribution is -0.387. The van der Waals surface area contributed by atoms with Crippen molar-refractivity contribution < 1.29 is 49.7 Å². The molecule has 3 aromatic rings. The van der Waals surface area contributed by atoms with Crippen molar-refractivity contribution in [3.8, 4) is 11.5 Å². The lowest BCUT2D eigenvalue weighted by Crippen LogP contribution is -2.04. The Morgan fingerprint density at radius 3 is 1.66 bits per heavy atom. The van der Waals surface area contributed by atoms with Gasteiger partial charge in [0, 0.05) is 12.1 Å². The van der Waals surface area contributed by atoms with Crippen LogP contribution in [-0.4, -0.2) is 9.85 Å². The molecule has 0 radical (unpaired) electrons. The Balaban J connectivity index is 0.000000303. The standard InChI is InChI=1S/C13H5ClF5NO3.C6H2F3NO2/c14-7-3-6(13(17,18)19)1-2-11(7)23-12-5-8(15)10(20(21)22)4-9(12)16;7-3-1-5(9)6(10(11)12)2-4(3)8/h1-5H;1-2H. The number of nitro benzene ring substituents is 2. The Kier molecular flexibility index (Phi) is 8.17. The first-order chi connectivity index (χ1) is 16.1. The number of benzene rings is 3. The van der Waals surface area contributed by atoms with Crippen molar-refractivity contribution in [2.75, 3.05) is 0 Å². The zero-order valence-corrected chi connectivity index (χ0v) is 17.1. The average molecular weight is 531 g/mol. The van der Waals surface area contributed by atoms with Crippen LogP contribution in [0.25, 0.3) is 0 Å². The highest BCUT2D eigenvalue weighted by atomic mass is 35.5.